The summed E-state index contributed by atoms with van der Waals surface area (Å²) in [5.41, 5.74) is 0. The minimum Gasteiger partial charge on any atom is -0.462 e. The Balaban J connectivity index is 4.29. The highest BCUT2D eigenvalue weighted by Crippen LogP contribution is 2.18. The lowest BCUT2D eigenvalue weighted by Gasteiger charge is -2.18. The van der Waals surface area contributed by atoms with Gasteiger partial charge in [0.1, 0.15) is 13.2 Å². The van der Waals surface area contributed by atoms with Crippen LogP contribution in [0.25, 0.3) is 0 Å². The average molecular weight is 863 g/mol. The quantitative estimate of drug-likeness (QED) is 0.0344. The van der Waals surface area contributed by atoms with Crippen molar-refractivity contribution in [1.29, 1.82) is 0 Å². The number of carbonyl (C=O) groups is 3. The molecule has 0 aliphatic rings. The van der Waals surface area contributed by atoms with Crippen molar-refractivity contribution >= 4 is 17.9 Å². The van der Waals surface area contributed by atoms with Crippen molar-refractivity contribution in [1.82, 2.24) is 0 Å². The lowest BCUT2D eigenvalue weighted by molar-refractivity contribution is -0.167. The molecule has 0 saturated carbocycles. The molecule has 6 heteroatoms. The molecule has 0 aliphatic heterocycles. The summed E-state index contributed by atoms with van der Waals surface area (Å²) in [5, 5.41) is 0. The summed E-state index contributed by atoms with van der Waals surface area (Å²) in [5.74, 6) is 0.829. The topological polar surface area (TPSA) is 78.9 Å². The van der Waals surface area contributed by atoms with E-state index in [1.165, 1.54) is 193 Å². The maximum Gasteiger partial charge on any atom is 0.306 e. The van der Waals surface area contributed by atoms with E-state index in [1.807, 2.05) is 0 Å². The molecule has 0 aromatic rings. The van der Waals surface area contributed by atoms with Gasteiger partial charge in [-0.15, -0.1) is 0 Å². The number of hydrogen-bond donors (Lipinski definition) is 0. The van der Waals surface area contributed by atoms with Gasteiger partial charge >= 0.3 is 17.9 Å². The Hall–Kier alpha value is -1.59. The third-order valence-electron chi connectivity index (χ3n) is 12.8. The minimum absolute atomic E-state index is 0.0636. The second-order valence-electron chi connectivity index (χ2n) is 19.6. The van der Waals surface area contributed by atoms with E-state index < -0.39 is 6.10 Å². The molecule has 0 amide bonds. The molecule has 0 spiro atoms. The Morgan fingerprint density at radius 1 is 0.344 bits per heavy atom. The third-order valence-corrected chi connectivity index (χ3v) is 12.8. The summed E-state index contributed by atoms with van der Waals surface area (Å²) in [7, 11) is 0. The maximum atomic E-state index is 12.8. The molecule has 2 atom stereocenters. The molecule has 0 radical (unpaired) electrons. The molecule has 0 aromatic carbocycles. The van der Waals surface area contributed by atoms with Gasteiger partial charge in [0.25, 0.3) is 0 Å². The normalized spacial score (nSPS) is 12.5. The van der Waals surface area contributed by atoms with Crippen LogP contribution in [0.15, 0.2) is 0 Å². The SMILES string of the molecule is CCCCCCCCCCCCCCCCCCCC(=O)OC[C@H](COC(=O)CCCCCCCCCCCCC(C)CC)OC(=O)CCCCCCCCCCCC(C)C. The molecule has 362 valence electrons. The summed E-state index contributed by atoms with van der Waals surface area (Å²) < 4.78 is 16.8. The molecule has 0 aliphatic carbocycles. The Labute approximate surface area is 380 Å². The number of unbranched alkanes of at least 4 members (excludes halogenated alkanes) is 33. The molecule has 0 aromatic heterocycles. The lowest BCUT2D eigenvalue weighted by atomic mass is 9.99. The molecule has 0 saturated heterocycles. The van der Waals surface area contributed by atoms with E-state index in [4.69, 9.17) is 14.2 Å². The molecule has 0 bridgehead atoms. The second-order valence-corrected chi connectivity index (χ2v) is 19.6. The van der Waals surface area contributed by atoms with Gasteiger partial charge in [-0.1, -0.05) is 266 Å². The van der Waals surface area contributed by atoms with Crippen LogP contribution in [0.2, 0.25) is 0 Å². The van der Waals surface area contributed by atoms with Crippen molar-refractivity contribution in [3.05, 3.63) is 0 Å². The zero-order valence-corrected chi connectivity index (χ0v) is 41.8. The molecule has 0 heterocycles. The summed E-state index contributed by atoms with van der Waals surface area (Å²) in [6.45, 7) is 11.4. The molecule has 0 rings (SSSR count). The summed E-state index contributed by atoms with van der Waals surface area (Å²) in [6, 6.07) is 0. The van der Waals surface area contributed by atoms with Gasteiger partial charge in [0.05, 0.1) is 0 Å². The zero-order valence-electron chi connectivity index (χ0n) is 41.8. The van der Waals surface area contributed by atoms with Crippen LogP contribution >= 0.6 is 0 Å². The van der Waals surface area contributed by atoms with Crippen LogP contribution in [-0.4, -0.2) is 37.2 Å². The highest BCUT2D eigenvalue weighted by atomic mass is 16.6. The number of hydrogen-bond acceptors (Lipinski definition) is 6. The van der Waals surface area contributed by atoms with E-state index in [2.05, 4.69) is 34.6 Å². The monoisotopic (exact) mass is 863 g/mol. The highest BCUT2D eigenvalue weighted by molar-refractivity contribution is 5.71. The fourth-order valence-corrected chi connectivity index (χ4v) is 8.31. The van der Waals surface area contributed by atoms with E-state index in [0.717, 1.165) is 69.6 Å². The van der Waals surface area contributed by atoms with Gasteiger partial charge in [-0.25, -0.2) is 0 Å². The Kier molecular flexibility index (Phi) is 46.6. The summed E-state index contributed by atoms with van der Waals surface area (Å²) >= 11 is 0. The van der Waals surface area contributed by atoms with Crippen LogP contribution in [0.4, 0.5) is 0 Å². The fraction of sp³-hybridized carbons (Fsp3) is 0.945. The smallest absolute Gasteiger partial charge is 0.306 e. The van der Waals surface area contributed by atoms with Crippen LogP contribution in [0.3, 0.4) is 0 Å². The fourth-order valence-electron chi connectivity index (χ4n) is 8.31. The Bertz CT molecular complexity index is 933. The summed E-state index contributed by atoms with van der Waals surface area (Å²) in [6.07, 6.45) is 49.4. The van der Waals surface area contributed by atoms with Crippen LogP contribution in [0.1, 0.15) is 304 Å². The Morgan fingerprint density at radius 2 is 0.623 bits per heavy atom. The largest absolute Gasteiger partial charge is 0.462 e. The molecule has 0 N–H and O–H groups in total. The van der Waals surface area contributed by atoms with E-state index >= 15 is 0 Å². The highest BCUT2D eigenvalue weighted by Gasteiger charge is 2.19. The van der Waals surface area contributed by atoms with Gasteiger partial charge in [0.15, 0.2) is 6.10 Å². The van der Waals surface area contributed by atoms with Gasteiger partial charge in [0.2, 0.25) is 0 Å². The summed E-state index contributed by atoms with van der Waals surface area (Å²) in [4.78, 5) is 38.0. The van der Waals surface area contributed by atoms with Crippen molar-refractivity contribution in [2.75, 3.05) is 13.2 Å². The first-order valence-electron chi connectivity index (χ1n) is 27.3. The first-order valence-corrected chi connectivity index (χ1v) is 27.3. The standard InChI is InChI=1S/C55H106O6/c1-6-8-9-10-11-12-13-14-15-16-17-18-19-25-30-35-40-45-53(56)59-48-52(61-55(58)47-42-37-32-27-22-23-28-33-38-43-50(3)4)49-60-54(57)46-41-36-31-26-21-20-24-29-34-39-44-51(5)7-2/h50-52H,6-49H2,1-5H3/t51?,52-/m1/s1. The van der Waals surface area contributed by atoms with Gasteiger partial charge in [-0.05, 0) is 31.1 Å². The molecule has 6 nitrogen and oxygen atoms in total. The predicted molar refractivity (Wildman–Crippen MR) is 261 cm³/mol. The number of carbonyl (C=O) groups excluding carboxylic acids is 3. The van der Waals surface area contributed by atoms with Crippen molar-refractivity contribution in [2.45, 2.75) is 310 Å². The number of rotatable bonds is 49. The molecule has 0 fully saturated rings. The number of esters is 3. The Morgan fingerprint density at radius 3 is 0.934 bits per heavy atom. The van der Waals surface area contributed by atoms with Crippen LogP contribution in [-0.2, 0) is 28.6 Å². The second kappa shape index (κ2) is 47.9. The zero-order chi connectivity index (χ0) is 44.7. The molecule has 61 heavy (non-hydrogen) atoms. The maximum absolute atomic E-state index is 12.8. The van der Waals surface area contributed by atoms with Gasteiger partial charge in [-0.3, -0.25) is 14.4 Å². The van der Waals surface area contributed by atoms with Crippen molar-refractivity contribution in [3.63, 3.8) is 0 Å². The van der Waals surface area contributed by atoms with E-state index in [0.29, 0.717) is 19.3 Å². The molecule has 1 unspecified atom stereocenters. The predicted octanol–water partition coefficient (Wildman–Crippen LogP) is 17.7. The average Bonchev–Trinajstić information content (AvgIpc) is 3.24. The van der Waals surface area contributed by atoms with Crippen molar-refractivity contribution in [3.8, 4) is 0 Å². The van der Waals surface area contributed by atoms with Crippen molar-refractivity contribution < 1.29 is 28.6 Å². The third kappa shape index (κ3) is 47.7. The van der Waals surface area contributed by atoms with E-state index in [1.54, 1.807) is 0 Å². The van der Waals surface area contributed by atoms with Crippen LogP contribution < -0.4 is 0 Å². The first-order chi connectivity index (χ1) is 29.8. The molecular formula is C55H106O6. The molecular weight excluding hydrogens is 757 g/mol. The van der Waals surface area contributed by atoms with Gasteiger partial charge in [-0.2, -0.15) is 0 Å². The van der Waals surface area contributed by atoms with E-state index in [9.17, 15) is 14.4 Å². The van der Waals surface area contributed by atoms with Crippen molar-refractivity contribution in [2.24, 2.45) is 11.8 Å². The van der Waals surface area contributed by atoms with Gasteiger partial charge in [0, 0.05) is 19.3 Å². The minimum atomic E-state index is -0.762. The van der Waals surface area contributed by atoms with Crippen LogP contribution in [0.5, 0.6) is 0 Å². The van der Waals surface area contributed by atoms with Crippen LogP contribution in [0, 0.1) is 11.8 Å². The first kappa shape index (κ1) is 59.4. The lowest BCUT2D eigenvalue weighted by Crippen LogP contribution is -2.30. The van der Waals surface area contributed by atoms with Gasteiger partial charge < -0.3 is 14.2 Å². The van der Waals surface area contributed by atoms with E-state index in [-0.39, 0.29) is 31.1 Å². The number of ether oxygens (including phenoxy) is 3.